The van der Waals surface area contributed by atoms with Crippen molar-refractivity contribution in [1.29, 1.82) is 0 Å². The molecule has 1 aliphatic rings. The fraction of sp³-hybridized carbons (Fsp3) is 0.444. The molecule has 4 N–H and O–H groups in total. The molecule has 1 unspecified atom stereocenters. The summed E-state index contributed by atoms with van der Waals surface area (Å²) in [7, 11) is 1.61. The number of aliphatic hydroxyl groups excluding tert-OH is 4. The van der Waals surface area contributed by atoms with Gasteiger partial charge in [0.25, 0.3) is 0 Å². The number of ether oxygens (including phenoxy) is 2. The van der Waals surface area contributed by atoms with Crippen LogP contribution >= 0.6 is 22.9 Å². The van der Waals surface area contributed by atoms with E-state index in [0.717, 1.165) is 16.9 Å². The summed E-state index contributed by atoms with van der Waals surface area (Å²) in [4.78, 5) is 0.635. The fourth-order valence-corrected chi connectivity index (χ4v) is 4.36. The minimum Gasteiger partial charge on any atom is -0.497 e. The van der Waals surface area contributed by atoms with Gasteiger partial charge in [0.05, 0.1) is 18.1 Å². The van der Waals surface area contributed by atoms with Crippen LogP contribution in [0.4, 0.5) is 0 Å². The van der Waals surface area contributed by atoms with E-state index < -0.39 is 37.1 Å². The van der Waals surface area contributed by atoms with Crippen LogP contribution in [0.3, 0.4) is 0 Å². The number of aliphatic hydroxyl groups is 4. The Morgan fingerprint density at radius 3 is 2.42 bits per heavy atom. The molecular formula is C18H21ClO6S. The van der Waals surface area contributed by atoms with Crippen molar-refractivity contribution in [3.63, 3.8) is 0 Å². The highest BCUT2D eigenvalue weighted by Gasteiger charge is 2.44. The van der Waals surface area contributed by atoms with Crippen LogP contribution in [0.1, 0.15) is 22.1 Å². The third kappa shape index (κ3) is 3.89. The Kier molecular flexibility index (Phi) is 6.19. The summed E-state index contributed by atoms with van der Waals surface area (Å²) in [6.45, 7) is -0.459. The van der Waals surface area contributed by atoms with Gasteiger partial charge in [-0.3, -0.25) is 0 Å². The van der Waals surface area contributed by atoms with Crippen molar-refractivity contribution in [3.05, 3.63) is 50.7 Å². The molecule has 0 radical (unpaired) electrons. The number of hydrogen-bond donors (Lipinski definition) is 4. The van der Waals surface area contributed by atoms with Gasteiger partial charge in [-0.2, -0.15) is 0 Å². The van der Waals surface area contributed by atoms with Gasteiger partial charge < -0.3 is 29.9 Å². The maximum Gasteiger partial charge on any atom is 0.121 e. The maximum absolute atomic E-state index is 10.3. The zero-order valence-corrected chi connectivity index (χ0v) is 15.7. The van der Waals surface area contributed by atoms with Crippen molar-refractivity contribution in [3.8, 4) is 5.75 Å². The van der Waals surface area contributed by atoms with Crippen LogP contribution in [-0.2, 0) is 11.2 Å². The van der Waals surface area contributed by atoms with Gasteiger partial charge >= 0.3 is 0 Å². The van der Waals surface area contributed by atoms with Gasteiger partial charge in [0, 0.05) is 4.88 Å². The largest absolute Gasteiger partial charge is 0.497 e. The minimum absolute atomic E-state index is 0.459. The van der Waals surface area contributed by atoms with E-state index in [4.69, 9.17) is 21.1 Å². The summed E-state index contributed by atoms with van der Waals surface area (Å²) >= 11 is 7.60. The van der Waals surface area contributed by atoms with Crippen LogP contribution in [-0.4, -0.2) is 58.6 Å². The molecule has 5 atom stereocenters. The quantitative estimate of drug-likeness (QED) is 0.607. The van der Waals surface area contributed by atoms with Gasteiger partial charge in [-0.1, -0.05) is 23.7 Å². The zero-order chi connectivity index (χ0) is 18.8. The molecule has 1 fully saturated rings. The summed E-state index contributed by atoms with van der Waals surface area (Å²) < 4.78 is 11.3. The molecule has 0 saturated carbocycles. The number of thiophene rings is 1. The van der Waals surface area contributed by atoms with Gasteiger partial charge in [0.1, 0.15) is 36.3 Å². The van der Waals surface area contributed by atoms with E-state index in [1.807, 2.05) is 30.3 Å². The van der Waals surface area contributed by atoms with E-state index in [0.29, 0.717) is 15.6 Å². The van der Waals surface area contributed by atoms with Crippen LogP contribution in [0.5, 0.6) is 5.75 Å². The van der Waals surface area contributed by atoms with Crippen LogP contribution in [0.2, 0.25) is 4.34 Å². The lowest BCUT2D eigenvalue weighted by molar-refractivity contribution is -0.230. The monoisotopic (exact) mass is 400 g/mol. The predicted octanol–water partition coefficient (Wildman–Crippen LogP) is 1.52. The second kappa shape index (κ2) is 8.22. The molecule has 142 valence electrons. The number of benzene rings is 1. The average Bonchev–Trinajstić information content (AvgIpc) is 3.01. The summed E-state index contributed by atoms with van der Waals surface area (Å²) in [5.74, 6) is 0.771. The van der Waals surface area contributed by atoms with Crippen LogP contribution in [0, 0.1) is 0 Å². The molecule has 2 heterocycles. The first kappa shape index (κ1) is 19.6. The van der Waals surface area contributed by atoms with Gasteiger partial charge in [0.2, 0.25) is 0 Å². The lowest BCUT2D eigenvalue weighted by Gasteiger charge is -2.39. The Hall–Kier alpha value is -1.19. The van der Waals surface area contributed by atoms with E-state index in [1.165, 1.54) is 11.3 Å². The van der Waals surface area contributed by atoms with Gasteiger partial charge in [-0.25, -0.2) is 0 Å². The first-order valence-corrected chi connectivity index (χ1v) is 9.35. The standard InChI is InChI=1S/C18H21ClO6S/c1-24-11-4-2-9(3-5-11)6-10-7-13(26-18(10)19)17-16(23)15(22)14(21)12(8-20)25-17/h2-5,7,12,14-17,20-23H,6,8H2,1H3/t12-,14-,15+,16-,17?/m1/s1. The number of halogens is 1. The third-order valence-corrected chi connectivity index (χ3v) is 6.00. The van der Waals surface area contributed by atoms with Gasteiger partial charge in [-0.05, 0) is 35.7 Å². The first-order valence-electron chi connectivity index (χ1n) is 8.16. The van der Waals surface area contributed by atoms with E-state index in [1.54, 1.807) is 7.11 Å². The Morgan fingerprint density at radius 2 is 1.81 bits per heavy atom. The Labute approximate surface area is 160 Å². The lowest BCUT2D eigenvalue weighted by Crippen LogP contribution is -2.55. The summed E-state index contributed by atoms with van der Waals surface area (Å²) in [6.07, 6.45) is -5.30. The summed E-state index contributed by atoms with van der Waals surface area (Å²) in [5.41, 5.74) is 1.92. The summed E-state index contributed by atoms with van der Waals surface area (Å²) in [6, 6.07) is 9.45. The van der Waals surface area contributed by atoms with E-state index in [-0.39, 0.29) is 0 Å². The van der Waals surface area contributed by atoms with Crippen molar-refractivity contribution >= 4 is 22.9 Å². The molecule has 1 saturated heterocycles. The van der Waals surface area contributed by atoms with Crippen molar-refractivity contribution in [2.75, 3.05) is 13.7 Å². The Morgan fingerprint density at radius 1 is 1.12 bits per heavy atom. The van der Waals surface area contributed by atoms with E-state index >= 15 is 0 Å². The zero-order valence-electron chi connectivity index (χ0n) is 14.1. The Balaban J connectivity index is 1.80. The van der Waals surface area contributed by atoms with Crippen LogP contribution in [0.15, 0.2) is 30.3 Å². The van der Waals surface area contributed by atoms with Crippen LogP contribution in [0.25, 0.3) is 0 Å². The van der Waals surface area contributed by atoms with Crippen molar-refractivity contribution in [2.24, 2.45) is 0 Å². The molecular weight excluding hydrogens is 380 g/mol. The topological polar surface area (TPSA) is 99.4 Å². The molecule has 8 heteroatoms. The van der Waals surface area contributed by atoms with Crippen molar-refractivity contribution in [1.82, 2.24) is 0 Å². The number of rotatable bonds is 5. The van der Waals surface area contributed by atoms with Crippen LogP contribution < -0.4 is 4.74 Å². The van der Waals surface area contributed by atoms with Crippen molar-refractivity contribution in [2.45, 2.75) is 36.9 Å². The predicted molar refractivity (Wildman–Crippen MR) is 97.8 cm³/mol. The molecule has 26 heavy (non-hydrogen) atoms. The van der Waals surface area contributed by atoms with Gasteiger partial charge in [-0.15, -0.1) is 11.3 Å². The fourth-order valence-electron chi connectivity index (χ4n) is 2.99. The smallest absolute Gasteiger partial charge is 0.121 e. The number of hydrogen-bond acceptors (Lipinski definition) is 7. The molecule has 0 bridgehead atoms. The minimum atomic E-state index is -1.41. The third-order valence-electron chi connectivity index (χ3n) is 4.50. The highest BCUT2D eigenvalue weighted by molar-refractivity contribution is 7.16. The normalized spacial score (nSPS) is 28.9. The van der Waals surface area contributed by atoms with Gasteiger partial charge in [0.15, 0.2) is 0 Å². The SMILES string of the molecule is COc1ccc(Cc2cc(C3O[C@H](CO)[C@@H](O)[C@H](O)[C@H]3O)sc2Cl)cc1. The molecule has 0 aliphatic carbocycles. The molecule has 1 aromatic heterocycles. The average molecular weight is 401 g/mol. The highest BCUT2D eigenvalue weighted by atomic mass is 35.5. The first-order chi connectivity index (χ1) is 12.4. The Bertz CT molecular complexity index is 732. The highest BCUT2D eigenvalue weighted by Crippen LogP contribution is 2.39. The number of methoxy groups -OCH3 is 1. The summed E-state index contributed by atoms with van der Waals surface area (Å²) in [5, 5.41) is 39.4. The van der Waals surface area contributed by atoms with E-state index in [2.05, 4.69) is 0 Å². The van der Waals surface area contributed by atoms with Crippen molar-refractivity contribution < 1.29 is 29.9 Å². The molecule has 1 aliphatic heterocycles. The second-order valence-electron chi connectivity index (χ2n) is 6.22. The molecule has 1 aromatic carbocycles. The lowest BCUT2D eigenvalue weighted by atomic mass is 9.94. The molecule has 3 rings (SSSR count). The second-order valence-corrected chi connectivity index (χ2v) is 7.91. The molecule has 0 amide bonds. The maximum atomic E-state index is 10.3. The molecule has 0 spiro atoms. The molecule has 2 aromatic rings. The molecule has 6 nitrogen and oxygen atoms in total. The van der Waals surface area contributed by atoms with E-state index in [9.17, 15) is 20.4 Å².